The summed E-state index contributed by atoms with van der Waals surface area (Å²) < 4.78 is 36.5. The predicted octanol–water partition coefficient (Wildman–Crippen LogP) is -0.914. The van der Waals surface area contributed by atoms with Crippen molar-refractivity contribution >= 4 is 15.9 Å². The summed E-state index contributed by atoms with van der Waals surface area (Å²) in [5.41, 5.74) is 5.12. The fraction of sp³-hybridized carbons (Fsp3) is 0.583. The van der Waals surface area contributed by atoms with Crippen LogP contribution < -0.4 is 5.73 Å². The summed E-state index contributed by atoms with van der Waals surface area (Å²) in [6.45, 7) is 1.32. The zero-order chi connectivity index (χ0) is 15.5. The van der Waals surface area contributed by atoms with Crippen LogP contribution >= 0.6 is 0 Å². The third-order valence-electron chi connectivity index (χ3n) is 3.13. The lowest BCUT2D eigenvalue weighted by Gasteiger charge is -2.33. The van der Waals surface area contributed by atoms with E-state index >= 15 is 0 Å². The van der Waals surface area contributed by atoms with Gasteiger partial charge in [-0.2, -0.15) is 4.31 Å². The Bertz CT molecular complexity index is 572. The average molecular weight is 317 g/mol. The molecule has 1 aromatic rings. The second-order valence-corrected chi connectivity index (χ2v) is 6.82. The molecule has 21 heavy (non-hydrogen) atoms. The van der Waals surface area contributed by atoms with E-state index in [1.165, 1.54) is 22.7 Å². The van der Waals surface area contributed by atoms with Crippen LogP contribution in [0.2, 0.25) is 0 Å². The van der Waals surface area contributed by atoms with Crippen molar-refractivity contribution in [2.24, 2.45) is 5.73 Å². The van der Waals surface area contributed by atoms with Gasteiger partial charge in [0, 0.05) is 19.6 Å². The summed E-state index contributed by atoms with van der Waals surface area (Å²) in [6.07, 6.45) is 1.01. The Labute approximate surface area is 123 Å². The SMILES string of the molecule is CN(CC(N)=O)CC1CN(S(=O)(=O)c2ccco2)CCO1. The van der Waals surface area contributed by atoms with E-state index in [1.54, 1.807) is 11.9 Å². The monoisotopic (exact) mass is 317 g/mol. The van der Waals surface area contributed by atoms with Crippen LogP contribution in [0.25, 0.3) is 0 Å². The molecule has 0 aromatic carbocycles. The van der Waals surface area contributed by atoms with Gasteiger partial charge < -0.3 is 14.9 Å². The first-order chi connectivity index (χ1) is 9.89. The first-order valence-corrected chi connectivity index (χ1v) is 7.95. The van der Waals surface area contributed by atoms with E-state index in [0.717, 1.165) is 0 Å². The van der Waals surface area contributed by atoms with E-state index in [9.17, 15) is 13.2 Å². The third-order valence-corrected chi connectivity index (χ3v) is 4.88. The van der Waals surface area contributed by atoms with Gasteiger partial charge in [0.2, 0.25) is 11.0 Å². The molecule has 1 aliphatic rings. The van der Waals surface area contributed by atoms with Gasteiger partial charge in [0.05, 0.1) is 25.5 Å². The Balaban J connectivity index is 1.99. The summed E-state index contributed by atoms with van der Waals surface area (Å²) in [6, 6.07) is 2.95. The minimum atomic E-state index is -3.63. The molecule has 1 saturated heterocycles. The van der Waals surface area contributed by atoms with Gasteiger partial charge in [-0.25, -0.2) is 8.42 Å². The number of furan rings is 1. The Morgan fingerprint density at radius 1 is 1.57 bits per heavy atom. The summed E-state index contributed by atoms with van der Waals surface area (Å²) in [5.74, 6) is -0.437. The van der Waals surface area contributed by atoms with Gasteiger partial charge in [-0.3, -0.25) is 9.69 Å². The average Bonchev–Trinajstić information content (AvgIpc) is 2.92. The zero-order valence-corrected chi connectivity index (χ0v) is 12.6. The molecular formula is C12H19N3O5S. The van der Waals surface area contributed by atoms with Crippen LogP contribution in [0.4, 0.5) is 0 Å². The number of hydrogen-bond donors (Lipinski definition) is 1. The van der Waals surface area contributed by atoms with Crippen LogP contribution in [-0.2, 0) is 19.6 Å². The highest BCUT2D eigenvalue weighted by molar-refractivity contribution is 7.89. The molecule has 2 heterocycles. The van der Waals surface area contributed by atoms with Crippen molar-refractivity contribution in [3.8, 4) is 0 Å². The highest BCUT2D eigenvalue weighted by atomic mass is 32.2. The molecule has 0 spiro atoms. The fourth-order valence-electron chi connectivity index (χ4n) is 2.24. The molecule has 1 aromatic heterocycles. The summed E-state index contributed by atoms with van der Waals surface area (Å²) >= 11 is 0. The molecule has 0 saturated carbocycles. The van der Waals surface area contributed by atoms with Crippen LogP contribution in [0, 0.1) is 0 Å². The van der Waals surface area contributed by atoms with Gasteiger partial charge in [0.1, 0.15) is 0 Å². The third kappa shape index (κ3) is 4.03. The van der Waals surface area contributed by atoms with Crippen molar-refractivity contribution in [2.75, 3.05) is 39.8 Å². The second-order valence-electron chi connectivity index (χ2n) is 4.95. The molecule has 1 amide bonds. The van der Waals surface area contributed by atoms with Crippen molar-refractivity contribution in [1.29, 1.82) is 0 Å². The molecule has 0 radical (unpaired) electrons. The van der Waals surface area contributed by atoms with E-state index in [1.807, 2.05) is 0 Å². The zero-order valence-electron chi connectivity index (χ0n) is 11.8. The number of morpholine rings is 1. The van der Waals surface area contributed by atoms with Gasteiger partial charge in [-0.15, -0.1) is 0 Å². The van der Waals surface area contributed by atoms with Crippen molar-refractivity contribution in [2.45, 2.75) is 11.2 Å². The van der Waals surface area contributed by atoms with Crippen molar-refractivity contribution in [3.05, 3.63) is 18.4 Å². The van der Waals surface area contributed by atoms with Crippen molar-refractivity contribution in [1.82, 2.24) is 9.21 Å². The van der Waals surface area contributed by atoms with Crippen LogP contribution in [0.15, 0.2) is 27.9 Å². The second kappa shape index (κ2) is 6.56. The van der Waals surface area contributed by atoms with Gasteiger partial charge in [-0.05, 0) is 19.2 Å². The predicted molar refractivity (Wildman–Crippen MR) is 73.9 cm³/mol. The smallest absolute Gasteiger partial charge is 0.276 e. The highest BCUT2D eigenvalue weighted by Gasteiger charge is 2.32. The molecule has 1 unspecified atom stereocenters. The van der Waals surface area contributed by atoms with Crippen molar-refractivity contribution in [3.63, 3.8) is 0 Å². The lowest BCUT2D eigenvalue weighted by Crippen LogP contribution is -2.49. The number of carbonyl (C=O) groups excluding carboxylic acids is 1. The molecule has 118 valence electrons. The minimum absolute atomic E-state index is 0.0753. The first-order valence-electron chi connectivity index (χ1n) is 6.51. The van der Waals surface area contributed by atoms with E-state index in [2.05, 4.69) is 0 Å². The lowest BCUT2D eigenvalue weighted by molar-refractivity contribution is -0.119. The Hall–Kier alpha value is -1.42. The number of nitrogens with zero attached hydrogens (tertiary/aromatic N) is 2. The summed E-state index contributed by atoms with van der Waals surface area (Å²) in [7, 11) is -1.90. The molecule has 1 atom stereocenters. The fourth-order valence-corrected chi connectivity index (χ4v) is 3.60. The summed E-state index contributed by atoms with van der Waals surface area (Å²) in [5, 5.41) is -0.0753. The number of sulfonamides is 1. The number of rotatable bonds is 6. The van der Waals surface area contributed by atoms with Crippen LogP contribution in [0.3, 0.4) is 0 Å². The summed E-state index contributed by atoms with van der Waals surface area (Å²) in [4.78, 5) is 12.6. The van der Waals surface area contributed by atoms with Crippen LogP contribution in [-0.4, -0.2) is 69.5 Å². The Morgan fingerprint density at radius 2 is 2.33 bits per heavy atom. The van der Waals surface area contributed by atoms with Gasteiger partial charge in [0.25, 0.3) is 10.0 Å². The first kappa shape index (κ1) is 16.0. The number of ether oxygens (including phenoxy) is 1. The quantitative estimate of drug-likeness (QED) is 0.728. The van der Waals surface area contributed by atoms with Gasteiger partial charge >= 0.3 is 0 Å². The highest BCUT2D eigenvalue weighted by Crippen LogP contribution is 2.19. The minimum Gasteiger partial charge on any atom is -0.452 e. The molecule has 2 N–H and O–H groups in total. The standard InChI is InChI=1S/C12H19N3O5S/c1-14(9-11(13)16)7-10-8-15(4-6-19-10)21(17,18)12-3-2-5-20-12/h2-3,5,10H,4,6-9H2,1H3,(H2,13,16). The van der Waals surface area contributed by atoms with Crippen molar-refractivity contribution < 1.29 is 22.4 Å². The number of nitrogens with two attached hydrogens (primary N) is 1. The van der Waals surface area contributed by atoms with E-state index < -0.39 is 15.9 Å². The lowest BCUT2D eigenvalue weighted by atomic mass is 10.3. The molecule has 9 heteroatoms. The van der Waals surface area contributed by atoms with Crippen LogP contribution in [0.1, 0.15) is 0 Å². The maximum atomic E-state index is 12.3. The normalized spacial score (nSPS) is 20.8. The molecule has 1 aliphatic heterocycles. The Morgan fingerprint density at radius 3 is 2.95 bits per heavy atom. The van der Waals surface area contributed by atoms with Crippen LogP contribution in [0.5, 0.6) is 0 Å². The largest absolute Gasteiger partial charge is 0.452 e. The number of primary amides is 1. The van der Waals surface area contributed by atoms with Gasteiger partial charge in [0.15, 0.2) is 0 Å². The maximum Gasteiger partial charge on any atom is 0.276 e. The molecule has 0 bridgehead atoms. The van der Waals surface area contributed by atoms with E-state index in [0.29, 0.717) is 13.2 Å². The number of likely N-dealkylation sites (N-methyl/N-ethyl adjacent to an activating group) is 1. The van der Waals surface area contributed by atoms with Gasteiger partial charge in [-0.1, -0.05) is 0 Å². The molecule has 1 fully saturated rings. The number of amides is 1. The molecule has 0 aliphatic carbocycles. The molecular weight excluding hydrogens is 298 g/mol. The molecule has 8 nitrogen and oxygen atoms in total. The van der Waals surface area contributed by atoms with E-state index in [-0.39, 0.29) is 30.8 Å². The number of hydrogen-bond acceptors (Lipinski definition) is 6. The maximum absolute atomic E-state index is 12.3. The number of carbonyl (C=O) groups is 1. The topological polar surface area (TPSA) is 106 Å². The van der Waals surface area contributed by atoms with E-state index in [4.69, 9.17) is 14.9 Å². The Kier molecular flexibility index (Phi) is 4.99. The molecule has 2 rings (SSSR count).